The molecule has 9 heteroatoms. The van der Waals surface area contributed by atoms with E-state index in [4.69, 9.17) is 0 Å². The molecule has 0 bridgehead atoms. The lowest BCUT2D eigenvalue weighted by Crippen LogP contribution is -2.44. The molecule has 0 fully saturated rings. The van der Waals surface area contributed by atoms with Gasteiger partial charge in [0.2, 0.25) is 5.91 Å². The number of carbonyl (C=O) groups is 2. The molecule has 1 aromatic heterocycles. The summed E-state index contributed by atoms with van der Waals surface area (Å²) in [6.45, 7) is 3.70. The third-order valence-electron chi connectivity index (χ3n) is 4.31. The second-order valence-corrected chi connectivity index (χ2v) is 6.91. The van der Waals surface area contributed by atoms with Gasteiger partial charge in [-0.25, -0.2) is 8.78 Å². The number of nitrogens with zero attached hydrogens (tertiary/aromatic N) is 3. The van der Waals surface area contributed by atoms with E-state index >= 15 is 0 Å². The number of hydrogen-bond acceptors (Lipinski definition) is 5. The SMILES string of the molecule is C=CCN(C(=O)c1csnn1)[C@H](C(=O)NCc1ccc(F)cc1)c1ccccc1F. The number of rotatable bonds is 8. The van der Waals surface area contributed by atoms with Gasteiger partial charge in [-0.3, -0.25) is 9.59 Å². The number of amides is 2. The summed E-state index contributed by atoms with van der Waals surface area (Å²) < 4.78 is 31.4. The molecule has 1 N–H and O–H groups in total. The molecule has 3 rings (SSSR count). The fraction of sp³-hybridized carbons (Fsp3) is 0.143. The third-order valence-corrected chi connectivity index (χ3v) is 4.81. The van der Waals surface area contributed by atoms with Gasteiger partial charge >= 0.3 is 0 Å². The molecule has 2 amide bonds. The fourth-order valence-corrected chi connectivity index (χ4v) is 3.32. The molecule has 0 radical (unpaired) electrons. The molecule has 3 aromatic rings. The van der Waals surface area contributed by atoms with Gasteiger partial charge in [-0.1, -0.05) is 40.9 Å². The van der Waals surface area contributed by atoms with Gasteiger partial charge in [0.25, 0.3) is 5.91 Å². The highest BCUT2D eigenvalue weighted by Crippen LogP contribution is 2.26. The van der Waals surface area contributed by atoms with Gasteiger partial charge in [0.15, 0.2) is 5.69 Å². The summed E-state index contributed by atoms with van der Waals surface area (Å²) >= 11 is 0.991. The Labute approximate surface area is 176 Å². The molecule has 0 saturated carbocycles. The van der Waals surface area contributed by atoms with Crippen LogP contribution in [-0.4, -0.2) is 32.8 Å². The van der Waals surface area contributed by atoms with Crippen LogP contribution in [0.25, 0.3) is 0 Å². The van der Waals surface area contributed by atoms with E-state index in [-0.39, 0.29) is 24.3 Å². The molecule has 6 nitrogen and oxygen atoms in total. The predicted octanol–water partition coefficient (Wildman–Crippen LogP) is 3.50. The first-order chi connectivity index (χ1) is 14.5. The predicted molar refractivity (Wildman–Crippen MR) is 109 cm³/mol. The minimum atomic E-state index is -1.26. The van der Waals surface area contributed by atoms with Crippen molar-refractivity contribution >= 4 is 23.3 Å². The number of halogens is 2. The first-order valence-corrected chi connectivity index (χ1v) is 9.80. The van der Waals surface area contributed by atoms with Gasteiger partial charge in [-0.15, -0.1) is 11.7 Å². The smallest absolute Gasteiger partial charge is 0.276 e. The molecule has 0 aliphatic rings. The van der Waals surface area contributed by atoms with Crippen molar-refractivity contribution in [2.75, 3.05) is 6.54 Å². The van der Waals surface area contributed by atoms with Crippen LogP contribution in [-0.2, 0) is 11.3 Å². The van der Waals surface area contributed by atoms with Crippen molar-refractivity contribution in [2.45, 2.75) is 12.6 Å². The van der Waals surface area contributed by atoms with E-state index in [1.165, 1.54) is 58.8 Å². The van der Waals surface area contributed by atoms with Crippen molar-refractivity contribution in [2.24, 2.45) is 0 Å². The van der Waals surface area contributed by atoms with Crippen LogP contribution in [0.15, 0.2) is 66.6 Å². The van der Waals surface area contributed by atoms with Crippen LogP contribution in [0.2, 0.25) is 0 Å². The Kier molecular flexibility index (Phi) is 6.97. The molecule has 154 valence electrons. The zero-order chi connectivity index (χ0) is 21.5. The minimum Gasteiger partial charge on any atom is -0.350 e. The Hall–Kier alpha value is -3.46. The highest BCUT2D eigenvalue weighted by Gasteiger charge is 2.34. The first-order valence-electron chi connectivity index (χ1n) is 8.96. The Bertz CT molecular complexity index is 1030. The van der Waals surface area contributed by atoms with Gasteiger partial charge in [0, 0.05) is 24.0 Å². The molecular formula is C21H18F2N4O2S. The van der Waals surface area contributed by atoms with Gasteiger partial charge in [0.05, 0.1) is 0 Å². The van der Waals surface area contributed by atoms with E-state index < -0.39 is 29.5 Å². The normalized spacial score (nSPS) is 11.5. The van der Waals surface area contributed by atoms with Crippen molar-refractivity contribution in [3.8, 4) is 0 Å². The van der Waals surface area contributed by atoms with Crippen molar-refractivity contribution < 1.29 is 18.4 Å². The second kappa shape index (κ2) is 9.84. The molecule has 1 heterocycles. The fourth-order valence-electron chi connectivity index (χ4n) is 2.89. The maximum Gasteiger partial charge on any atom is 0.276 e. The Morgan fingerprint density at radius 1 is 1.17 bits per heavy atom. The number of hydrogen-bond donors (Lipinski definition) is 1. The van der Waals surface area contributed by atoms with Crippen LogP contribution in [0.5, 0.6) is 0 Å². The summed E-state index contributed by atoms with van der Waals surface area (Å²) in [4.78, 5) is 27.3. The lowest BCUT2D eigenvalue weighted by atomic mass is 10.0. The standard InChI is InChI=1S/C21H18F2N4O2S/c1-2-11-27(21(29)18-13-30-26-25-18)19(16-5-3-4-6-17(16)23)20(28)24-12-14-7-9-15(22)10-8-14/h2-10,13,19H,1,11-12H2,(H,24,28)/t19-/m0/s1. The van der Waals surface area contributed by atoms with E-state index in [2.05, 4.69) is 21.5 Å². The van der Waals surface area contributed by atoms with Gasteiger partial charge in [0.1, 0.15) is 17.7 Å². The van der Waals surface area contributed by atoms with Crippen LogP contribution < -0.4 is 5.32 Å². The summed E-state index contributed by atoms with van der Waals surface area (Å²) in [6, 6.07) is 10.1. The lowest BCUT2D eigenvalue weighted by Gasteiger charge is -2.30. The van der Waals surface area contributed by atoms with E-state index in [1.807, 2.05) is 0 Å². The topological polar surface area (TPSA) is 75.2 Å². The molecule has 2 aromatic carbocycles. The van der Waals surface area contributed by atoms with Gasteiger partial charge in [-0.2, -0.15) is 0 Å². The van der Waals surface area contributed by atoms with Gasteiger partial charge < -0.3 is 10.2 Å². The second-order valence-electron chi connectivity index (χ2n) is 6.30. The van der Waals surface area contributed by atoms with Crippen molar-refractivity contribution in [1.29, 1.82) is 0 Å². The Morgan fingerprint density at radius 3 is 2.53 bits per heavy atom. The summed E-state index contributed by atoms with van der Waals surface area (Å²) in [5.74, 6) is -2.19. The van der Waals surface area contributed by atoms with E-state index in [9.17, 15) is 18.4 Å². The largest absolute Gasteiger partial charge is 0.350 e. The van der Waals surface area contributed by atoms with Crippen LogP contribution >= 0.6 is 11.5 Å². The Morgan fingerprint density at radius 2 is 1.90 bits per heavy atom. The van der Waals surface area contributed by atoms with E-state index in [1.54, 1.807) is 6.07 Å². The molecular weight excluding hydrogens is 410 g/mol. The maximum atomic E-state index is 14.6. The molecule has 0 spiro atoms. The molecule has 0 unspecified atom stereocenters. The van der Waals surface area contributed by atoms with Gasteiger partial charge in [-0.05, 0) is 35.3 Å². The number of benzene rings is 2. The molecule has 0 aliphatic carbocycles. The maximum absolute atomic E-state index is 14.6. The Balaban J connectivity index is 1.93. The van der Waals surface area contributed by atoms with Crippen molar-refractivity contribution in [3.05, 3.63) is 95.0 Å². The average molecular weight is 428 g/mol. The molecule has 0 aliphatic heterocycles. The van der Waals surface area contributed by atoms with Crippen LogP contribution in [0, 0.1) is 11.6 Å². The lowest BCUT2D eigenvalue weighted by molar-refractivity contribution is -0.126. The average Bonchev–Trinajstić information content (AvgIpc) is 3.28. The van der Waals surface area contributed by atoms with E-state index in [0.29, 0.717) is 5.56 Å². The molecule has 30 heavy (non-hydrogen) atoms. The molecule has 1 atom stereocenters. The summed E-state index contributed by atoms with van der Waals surface area (Å²) in [6.07, 6.45) is 1.44. The van der Waals surface area contributed by atoms with Crippen LogP contribution in [0.1, 0.15) is 27.7 Å². The van der Waals surface area contributed by atoms with Crippen molar-refractivity contribution in [1.82, 2.24) is 19.8 Å². The summed E-state index contributed by atoms with van der Waals surface area (Å²) in [7, 11) is 0. The zero-order valence-electron chi connectivity index (χ0n) is 15.8. The van der Waals surface area contributed by atoms with Crippen molar-refractivity contribution in [3.63, 3.8) is 0 Å². The molecule has 0 saturated heterocycles. The van der Waals surface area contributed by atoms with E-state index in [0.717, 1.165) is 11.5 Å². The third kappa shape index (κ3) is 4.93. The quantitative estimate of drug-likeness (QED) is 0.558. The first kappa shape index (κ1) is 21.3. The summed E-state index contributed by atoms with van der Waals surface area (Å²) in [5.41, 5.74) is 0.740. The zero-order valence-corrected chi connectivity index (χ0v) is 16.6. The van der Waals surface area contributed by atoms with Crippen LogP contribution in [0.3, 0.4) is 0 Å². The number of aromatic nitrogens is 2. The highest BCUT2D eigenvalue weighted by molar-refractivity contribution is 7.03. The number of carbonyl (C=O) groups excluding carboxylic acids is 2. The monoisotopic (exact) mass is 428 g/mol. The highest BCUT2D eigenvalue weighted by atomic mass is 32.1. The van der Waals surface area contributed by atoms with Crippen LogP contribution in [0.4, 0.5) is 8.78 Å². The minimum absolute atomic E-state index is 0.0146. The summed E-state index contributed by atoms with van der Waals surface area (Å²) in [5, 5.41) is 7.91. The number of nitrogens with one attached hydrogen (secondary N) is 1.